The summed E-state index contributed by atoms with van der Waals surface area (Å²) in [5.41, 5.74) is 6.20. The molecule has 0 aromatic heterocycles. The fourth-order valence-corrected chi connectivity index (χ4v) is 3.18. The zero-order valence-electron chi connectivity index (χ0n) is 14.3. The summed E-state index contributed by atoms with van der Waals surface area (Å²) < 4.78 is 5.45. The van der Waals surface area contributed by atoms with Crippen molar-refractivity contribution in [1.82, 2.24) is 9.80 Å². The number of rotatable bonds is 4. The molecule has 2 aliphatic heterocycles. The first-order valence-electron chi connectivity index (χ1n) is 8.44. The second-order valence-corrected chi connectivity index (χ2v) is 6.83. The Morgan fingerprint density at radius 3 is 2.32 bits per heavy atom. The minimum absolute atomic E-state index is 0. The second-order valence-electron chi connectivity index (χ2n) is 6.83. The van der Waals surface area contributed by atoms with E-state index in [1.165, 1.54) is 12.8 Å². The van der Waals surface area contributed by atoms with Gasteiger partial charge < -0.3 is 15.4 Å². The SMILES string of the molecule is CC1CCN(C(N)=NCC(C(C)C)N2CCOCC2)CC1.I. The predicted octanol–water partition coefficient (Wildman–Crippen LogP) is 2.01. The van der Waals surface area contributed by atoms with Gasteiger partial charge in [0.1, 0.15) is 0 Å². The van der Waals surface area contributed by atoms with E-state index in [4.69, 9.17) is 15.5 Å². The zero-order valence-corrected chi connectivity index (χ0v) is 16.7. The van der Waals surface area contributed by atoms with Gasteiger partial charge in [0.15, 0.2) is 5.96 Å². The summed E-state index contributed by atoms with van der Waals surface area (Å²) in [7, 11) is 0. The summed E-state index contributed by atoms with van der Waals surface area (Å²) in [6, 6.07) is 0.469. The molecule has 0 spiro atoms. The topological polar surface area (TPSA) is 54.1 Å². The lowest BCUT2D eigenvalue weighted by atomic mass is 9.99. The van der Waals surface area contributed by atoms with E-state index in [1.807, 2.05) is 0 Å². The molecule has 0 bridgehead atoms. The molecule has 2 fully saturated rings. The minimum Gasteiger partial charge on any atom is -0.379 e. The van der Waals surface area contributed by atoms with Crippen LogP contribution in [-0.4, -0.2) is 67.7 Å². The van der Waals surface area contributed by atoms with Gasteiger partial charge >= 0.3 is 0 Å². The Kier molecular flexibility index (Phi) is 9.01. The van der Waals surface area contributed by atoms with Crippen molar-refractivity contribution in [3.8, 4) is 0 Å². The van der Waals surface area contributed by atoms with Crippen LogP contribution in [0.5, 0.6) is 0 Å². The number of likely N-dealkylation sites (tertiary alicyclic amines) is 1. The maximum atomic E-state index is 6.20. The van der Waals surface area contributed by atoms with Crippen molar-refractivity contribution in [2.75, 3.05) is 45.9 Å². The first kappa shape index (κ1) is 20.0. The molecule has 0 saturated carbocycles. The zero-order chi connectivity index (χ0) is 15.2. The molecule has 2 aliphatic rings. The van der Waals surface area contributed by atoms with Crippen LogP contribution in [-0.2, 0) is 4.74 Å². The molecule has 2 heterocycles. The number of guanidine groups is 1. The minimum atomic E-state index is 0. The fourth-order valence-electron chi connectivity index (χ4n) is 3.18. The Morgan fingerprint density at radius 2 is 1.77 bits per heavy atom. The monoisotopic (exact) mass is 424 g/mol. The van der Waals surface area contributed by atoms with Gasteiger partial charge in [0.25, 0.3) is 0 Å². The van der Waals surface area contributed by atoms with Crippen LogP contribution in [0.2, 0.25) is 0 Å². The number of morpholine rings is 1. The van der Waals surface area contributed by atoms with Gasteiger partial charge in [-0.05, 0) is 24.7 Å². The standard InChI is InChI=1S/C16H32N4O.HI/c1-13(2)15(19-8-10-21-11-9-19)12-18-16(17)20-6-4-14(3)5-7-20;/h13-15H,4-12H2,1-3H3,(H2,17,18);1H. The number of nitrogens with two attached hydrogens (primary N) is 1. The number of halogens is 1. The summed E-state index contributed by atoms with van der Waals surface area (Å²) in [6.45, 7) is 13.5. The van der Waals surface area contributed by atoms with Gasteiger partial charge in [-0.15, -0.1) is 24.0 Å². The van der Waals surface area contributed by atoms with Crippen molar-refractivity contribution in [2.45, 2.75) is 39.7 Å². The van der Waals surface area contributed by atoms with Gasteiger partial charge in [-0.2, -0.15) is 0 Å². The lowest BCUT2D eigenvalue weighted by molar-refractivity contribution is 0.00863. The summed E-state index contributed by atoms with van der Waals surface area (Å²) in [4.78, 5) is 9.46. The average Bonchev–Trinajstić information content (AvgIpc) is 2.48. The number of aliphatic imine (C=N–C) groups is 1. The fraction of sp³-hybridized carbons (Fsp3) is 0.938. The summed E-state index contributed by atoms with van der Waals surface area (Å²) >= 11 is 0. The molecular weight excluding hydrogens is 391 g/mol. The molecule has 0 aromatic rings. The Morgan fingerprint density at radius 1 is 1.18 bits per heavy atom. The van der Waals surface area contributed by atoms with Crippen LogP contribution in [0.1, 0.15) is 33.6 Å². The van der Waals surface area contributed by atoms with E-state index >= 15 is 0 Å². The molecule has 1 unspecified atom stereocenters. The molecule has 6 heteroatoms. The van der Waals surface area contributed by atoms with E-state index in [2.05, 4.69) is 30.6 Å². The highest BCUT2D eigenvalue weighted by Gasteiger charge is 2.24. The smallest absolute Gasteiger partial charge is 0.191 e. The highest BCUT2D eigenvalue weighted by Crippen LogP contribution is 2.16. The average molecular weight is 424 g/mol. The van der Waals surface area contributed by atoms with E-state index < -0.39 is 0 Å². The van der Waals surface area contributed by atoms with Crippen molar-refractivity contribution in [2.24, 2.45) is 22.6 Å². The van der Waals surface area contributed by atoms with Crippen molar-refractivity contribution in [3.63, 3.8) is 0 Å². The van der Waals surface area contributed by atoms with Gasteiger partial charge in [-0.1, -0.05) is 20.8 Å². The molecule has 0 radical (unpaired) electrons. The van der Waals surface area contributed by atoms with Gasteiger partial charge in [0.2, 0.25) is 0 Å². The summed E-state index contributed by atoms with van der Waals surface area (Å²) in [6.07, 6.45) is 2.46. The van der Waals surface area contributed by atoms with Crippen molar-refractivity contribution < 1.29 is 4.74 Å². The lowest BCUT2D eigenvalue weighted by Gasteiger charge is -2.36. The number of nitrogens with zero attached hydrogens (tertiary/aromatic N) is 3. The number of hydrogen-bond donors (Lipinski definition) is 1. The van der Waals surface area contributed by atoms with Crippen molar-refractivity contribution >= 4 is 29.9 Å². The molecule has 5 nitrogen and oxygen atoms in total. The first-order valence-corrected chi connectivity index (χ1v) is 8.44. The third-order valence-corrected chi connectivity index (χ3v) is 4.83. The highest BCUT2D eigenvalue weighted by molar-refractivity contribution is 14.0. The van der Waals surface area contributed by atoms with Crippen LogP contribution >= 0.6 is 24.0 Å². The van der Waals surface area contributed by atoms with Gasteiger partial charge in [0, 0.05) is 32.2 Å². The van der Waals surface area contributed by atoms with Crippen LogP contribution in [0.25, 0.3) is 0 Å². The Bertz CT molecular complexity index is 337. The molecular formula is C16H33IN4O. The number of piperidine rings is 1. The highest BCUT2D eigenvalue weighted by atomic mass is 127. The normalized spacial score (nSPS) is 23.5. The molecule has 2 rings (SSSR count). The molecule has 2 N–H and O–H groups in total. The van der Waals surface area contributed by atoms with Crippen LogP contribution in [0.15, 0.2) is 4.99 Å². The predicted molar refractivity (Wildman–Crippen MR) is 103 cm³/mol. The third kappa shape index (κ3) is 5.85. The van der Waals surface area contributed by atoms with Crippen LogP contribution in [0.3, 0.4) is 0 Å². The van der Waals surface area contributed by atoms with Crippen LogP contribution in [0, 0.1) is 11.8 Å². The van der Waals surface area contributed by atoms with E-state index in [-0.39, 0.29) is 24.0 Å². The van der Waals surface area contributed by atoms with Crippen molar-refractivity contribution in [3.05, 3.63) is 0 Å². The Labute approximate surface area is 152 Å². The van der Waals surface area contributed by atoms with Gasteiger partial charge in [-0.3, -0.25) is 9.89 Å². The van der Waals surface area contributed by atoms with Gasteiger partial charge in [0.05, 0.1) is 19.8 Å². The summed E-state index contributed by atoms with van der Waals surface area (Å²) in [5.74, 6) is 2.15. The van der Waals surface area contributed by atoms with Crippen molar-refractivity contribution in [1.29, 1.82) is 0 Å². The molecule has 130 valence electrons. The summed E-state index contributed by atoms with van der Waals surface area (Å²) in [5, 5.41) is 0. The third-order valence-electron chi connectivity index (χ3n) is 4.83. The van der Waals surface area contributed by atoms with E-state index in [9.17, 15) is 0 Å². The Balaban J connectivity index is 0.00000242. The van der Waals surface area contributed by atoms with Crippen LogP contribution in [0.4, 0.5) is 0 Å². The molecule has 0 aromatic carbocycles. The lowest BCUT2D eigenvalue weighted by Crippen LogP contribution is -2.48. The molecule has 22 heavy (non-hydrogen) atoms. The molecule has 2 saturated heterocycles. The molecule has 0 aliphatic carbocycles. The number of ether oxygens (including phenoxy) is 1. The maximum absolute atomic E-state index is 6.20. The van der Waals surface area contributed by atoms with E-state index in [0.717, 1.165) is 57.8 Å². The quantitative estimate of drug-likeness (QED) is 0.426. The van der Waals surface area contributed by atoms with Crippen LogP contribution < -0.4 is 5.73 Å². The van der Waals surface area contributed by atoms with E-state index in [0.29, 0.717) is 12.0 Å². The Hall–Kier alpha value is -0.0800. The first-order chi connectivity index (χ1) is 10.1. The number of hydrogen-bond acceptors (Lipinski definition) is 3. The van der Waals surface area contributed by atoms with E-state index in [1.54, 1.807) is 0 Å². The largest absolute Gasteiger partial charge is 0.379 e. The maximum Gasteiger partial charge on any atom is 0.191 e. The molecule has 0 amide bonds. The van der Waals surface area contributed by atoms with Gasteiger partial charge in [-0.25, -0.2) is 0 Å². The molecule has 1 atom stereocenters. The second kappa shape index (κ2) is 9.93.